The lowest BCUT2D eigenvalue weighted by atomic mass is 9.99. The summed E-state index contributed by atoms with van der Waals surface area (Å²) >= 11 is 0. The Bertz CT molecular complexity index is 1050. The van der Waals surface area contributed by atoms with Crippen LogP contribution in [0.2, 0.25) is 0 Å². The molecule has 0 saturated carbocycles. The van der Waals surface area contributed by atoms with Gasteiger partial charge in [-0.05, 0) is 67.1 Å². The third kappa shape index (κ3) is 3.70. The molecule has 4 heteroatoms. The van der Waals surface area contributed by atoms with Crippen molar-refractivity contribution in [1.29, 1.82) is 0 Å². The molecule has 0 radical (unpaired) electrons. The van der Waals surface area contributed by atoms with Crippen LogP contribution in [0, 0.1) is 20.8 Å². The zero-order valence-electron chi connectivity index (χ0n) is 17.0. The number of aryl methyl sites for hydroxylation is 3. The molecular weight excluding hydrogens is 336 g/mol. The van der Waals surface area contributed by atoms with Gasteiger partial charge in [0.2, 0.25) is 0 Å². The van der Waals surface area contributed by atoms with E-state index in [0.29, 0.717) is 12.5 Å². The summed E-state index contributed by atoms with van der Waals surface area (Å²) in [6.45, 7) is 10.9. The number of anilines is 1. The minimum atomic E-state index is -0.0426. The first-order valence-electron chi connectivity index (χ1n) is 9.36. The first-order chi connectivity index (χ1) is 12.8. The van der Waals surface area contributed by atoms with E-state index in [2.05, 4.69) is 49.3 Å². The van der Waals surface area contributed by atoms with E-state index in [9.17, 15) is 4.79 Å². The minimum Gasteiger partial charge on any atom is -0.496 e. The Hall–Kier alpha value is -2.75. The zero-order chi connectivity index (χ0) is 19.7. The van der Waals surface area contributed by atoms with E-state index in [1.54, 1.807) is 7.11 Å². The Kier molecular flexibility index (Phi) is 5.26. The average molecular weight is 364 g/mol. The molecule has 0 amide bonds. The monoisotopic (exact) mass is 364 g/mol. The number of methoxy groups -OCH3 is 1. The number of ether oxygens (including phenoxy) is 1. The van der Waals surface area contributed by atoms with E-state index in [1.807, 2.05) is 26.0 Å². The summed E-state index contributed by atoms with van der Waals surface area (Å²) in [5, 5.41) is 4.54. The molecule has 1 heterocycles. The van der Waals surface area contributed by atoms with Crippen LogP contribution in [0.4, 0.5) is 5.69 Å². The molecule has 0 unspecified atom stereocenters. The Morgan fingerprint density at radius 2 is 1.74 bits per heavy atom. The molecule has 1 aromatic heterocycles. The fraction of sp³-hybridized carbons (Fsp3) is 0.348. The van der Waals surface area contributed by atoms with Crippen LogP contribution in [-0.2, 0) is 6.54 Å². The van der Waals surface area contributed by atoms with Crippen LogP contribution in [-0.4, -0.2) is 12.1 Å². The standard InChI is InChI=1S/C23H28N2O2/c1-13(2)18-11-20(16(5)9-21(18)27-6)24-12-17-10-19-14(3)7-8-15(4)22(19)25-23(17)26/h7-11,13,24H,12H2,1-6H3,(H,25,26). The number of aromatic nitrogens is 1. The number of aromatic amines is 1. The van der Waals surface area contributed by atoms with Crippen molar-refractivity contribution in [2.24, 2.45) is 0 Å². The van der Waals surface area contributed by atoms with E-state index in [0.717, 1.165) is 50.2 Å². The highest BCUT2D eigenvalue weighted by molar-refractivity contribution is 5.85. The molecule has 3 aromatic rings. The number of hydrogen-bond donors (Lipinski definition) is 2. The van der Waals surface area contributed by atoms with Crippen molar-refractivity contribution in [2.45, 2.75) is 47.1 Å². The highest BCUT2D eigenvalue weighted by Gasteiger charge is 2.12. The highest BCUT2D eigenvalue weighted by atomic mass is 16.5. The molecule has 3 rings (SSSR count). The molecule has 0 fully saturated rings. The lowest BCUT2D eigenvalue weighted by Gasteiger charge is -2.17. The van der Waals surface area contributed by atoms with Gasteiger partial charge in [0.25, 0.3) is 5.56 Å². The summed E-state index contributed by atoms with van der Waals surface area (Å²) < 4.78 is 5.51. The SMILES string of the molecule is COc1cc(C)c(NCc2cc3c(C)ccc(C)c3[nH]c2=O)cc1C(C)C. The van der Waals surface area contributed by atoms with Crippen LogP contribution in [0.5, 0.6) is 5.75 Å². The van der Waals surface area contributed by atoms with Gasteiger partial charge in [-0.3, -0.25) is 4.79 Å². The zero-order valence-corrected chi connectivity index (χ0v) is 17.0. The quantitative estimate of drug-likeness (QED) is 0.654. The lowest BCUT2D eigenvalue weighted by Crippen LogP contribution is -2.16. The van der Waals surface area contributed by atoms with E-state index in [-0.39, 0.29) is 5.56 Å². The molecule has 0 aliphatic rings. The molecule has 2 N–H and O–H groups in total. The van der Waals surface area contributed by atoms with Crippen molar-refractivity contribution in [2.75, 3.05) is 12.4 Å². The maximum atomic E-state index is 12.6. The number of pyridine rings is 1. The Balaban J connectivity index is 1.95. The van der Waals surface area contributed by atoms with Gasteiger partial charge in [0.15, 0.2) is 0 Å². The Labute approximate surface area is 160 Å². The summed E-state index contributed by atoms with van der Waals surface area (Å²) in [4.78, 5) is 15.6. The van der Waals surface area contributed by atoms with Crippen molar-refractivity contribution >= 4 is 16.6 Å². The second kappa shape index (κ2) is 7.47. The molecule has 4 nitrogen and oxygen atoms in total. The van der Waals surface area contributed by atoms with Gasteiger partial charge in [-0.15, -0.1) is 0 Å². The van der Waals surface area contributed by atoms with Gasteiger partial charge in [0.05, 0.1) is 12.6 Å². The smallest absolute Gasteiger partial charge is 0.253 e. The van der Waals surface area contributed by atoms with Gasteiger partial charge < -0.3 is 15.0 Å². The highest BCUT2D eigenvalue weighted by Crippen LogP contribution is 2.32. The summed E-state index contributed by atoms with van der Waals surface area (Å²) in [7, 11) is 1.70. The maximum absolute atomic E-state index is 12.6. The third-order valence-corrected chi connectivity index (χ3v) is 5.19. The van der Waals surface area contributed by atoms with Crippen molar-refractivity contribution in [3.8, 4) is 5.75 Å². The molecular formula is C23H28N2O2. The lowest BCUT2D eigenvalue weighted by molar-refractivity contribution is 0.407. The van der Waals surface area contributed by atoms with Crippen LogP contribution >= 0.6 is 0 Å². The number of H-pyrrole nitrogens is 1. The first-order valence-corrected chi connectivity index (χ1v) is 9.36. The topological polar surface area (TPSA) is 54.1 Å². The van der Waals surface area contributed by atoms with Crippen molar-refractivity contribution in [3.05, 3.63) is 68.5 Å². The predicted octanol–water partition coefficient (Wildman–Crippen LogP) is 5.20. The number of rotatable bonds is 5. The molecule has 27 heavy (non-hydrogen) atoms. The van der Waals surface area contributed by atoms with Gasteiger partial charge in [-0.25, -0.2) is 0 Å². The van der Waals surface area contributed by atoms with Crippen molar-refractivity contribution < 1.29 is 4.74 Å². The van der Waals surface area contributed by atoms with E-state index in [4.69, 9.17) is 4.74 Å². The molecule has 0 saturated heterocycles. The van der Waals surface area contributed by atoms with Gasteiger partial charge in [-0.1, -0.05) is 26.0 Å². The molecule has 0 aliphatic carbocycles. The van der Waals surface area contributed by atoms with Gasteiger partial charge in [-0.2, -0.15) is 0 Å². The summed E-state index contributed by atoms with van der Waals surface area (Å²) in [5.41, 5.74) is 7.14. The molecule has 2 aromatic carbocycles. The van der Waals surface area contributed by atoms with Gasteiger partial charge >= 0.3 is 0 Å². The number of nitrogens with one attached hydrogen (secondary N) is 2. The van der Waals surface area contributed by atoms with Crippen LogP contribution in [0.25, 0.3) is 10.9 Å². The van der Waals surface area contributed by atoms with E-state index < -0.39 is 0 Å². The predicted molar refractivity (Wildman–Crippen MR) is 113 cm³/mol. The van der Waals surface area contributed by atoms with Gasteiger partial charge in [0.1, 0.15) is 5.75 Å². The summed E-state index contributed by atoms with van der Waals surface area (Å²) in [6.07, 6.45) is 0. The van der Waals surface area contributed by atoms with Crippen LogP contribution < -0.4 is 15.6 Å². The summed E-state index contributed by atoms with van der Waals surface area (Å²) in [5.74, 6) is 1.26. The Morgan fingerprint density at radius 3 is 2.41 bits per heavy atom. The maximum Gasteiger partial charge on any atom is 0.253 e. The van der Waals surface area contributed by atoms with E-state index in [1.165, 1.54) is 0 Å². The number of benzene rings is 2. The molecule has 0 spiro atoms. The van der Waals surface area contributed by atoms with Crippen molar-refractivity contribution in [1.82, 2.24) is 4.98 Å². The van der Waals surface area contributed by atoms with Crippen LogP contribution in [0.1, 0.15) is 47.6 Å². The average Bonchev–Trinajstić information content (AvgIpc) is 2.63. The molecule has 0 atom stereocenters. The van der Waals surface area contributed by atoms with Crippen LogP contribution in [0.3, 0.4) is 0 Å². The second-order valence-corrected chi connectivity index (χ2v) is 7.53. The fourth-order valence-electron chi connectivity index (χ4n) is 3.46. The fourth-order valence-corrected chi connectivity index (χ4v) is 3.46. The normalized spacial score (nSPS) is 11.2. The van der Waals surface area contributed by atoms with Crippen LogP contribution in [0.15, 0.2) is 35.1 Å². The molecule has 142 valence electrons. The minimum absolute atomic E-state index is 0.0426. The Morgan fingerprint density at radius 1 is 1.04 bits per heavy atom. The number of hydrogen-bond acceptors (Lipinski definition) is 3. The van der Waals surface area contributed by atoms with Crippen molar-refractivity contribution in [3.63, 3.8) is 0 Å². The number of fused-ring (bicyclic) bond motifs is 1. The first kappa shape index (κ1) is 19.0. The molecule has 0 aliphatic heterocycles. The molecule has 0 bridgehead atoms. The largest absolute Gasteiger partial charge is 0.496 e. The third-order valence-electron chi connectivity index (χ3n) is 5.19. The van der Waals surface area contributed by atoms with E-state index >= 15 is 0 Å². The second-order valence-electron chi connectivity index (χ2n) is 7.53. The van der Waals surface area contributed by atoms with Gasteiger partial charge in [0, 0.05) is 23.2 Å². The summed E-state index contributed by atoms with van der Waals surface area (Å²) in [6, 6.07) is 10.3.